The lowest BCUT2D eigenvalue weighted by Gasteiger charge is -2.18. The van der Waals surface area contributed by atoms with E-state index in [1.54, 1.807) is 30.3 Å². The third-order valence-electron chi connectivity index (χ3n) is 3.93. The number of hydrogen-bond donors (Lipinski definition) is 1. The van der Waals surface area contributed by atoms with Crippen LogP contribution >= 0.6 is 0 Å². The molecule has 156 valence electrons. The van der Waals surface area contributed by atoms with E-state index in [-0.39, 0.29) is 10.6 Å². The number of carbonyl (C=O) groups is 2. The summed E-state index contributed by atoms with van der Waals surface area (Å²) in [5.41, 5.74) is 0.273. The quantitative estimate of drug-likeness (QED) is 0.658. The largest absolute Gasteiger partial charge is 0.479 e. The second-order valence-electron chi connectivity index (χ2n) is 6.46. The molecule has 29 heavy (non-hydrogen) atoms. The van der Waals surface area contributed by atoms with Gasteiger partial charge in [0, 0.05) is 19.8 Å². The highest BCUT2D eigenvalue weighted by molar-refractivity contribution is 7.89. The lowest BCUT2D eigenvalue weighted by molar-refractivity contribution is -0.159. The predicted octanol–water partition coefficient (Wildman–Crippen LogP) is 2.27. The van der Waals surface area contributed by atoms with Crippen LogP contribution < -0.4 is 10.1 Å². The molecule has 0 aliphatic heterocycles. The molecule has 0 aliphatic carbocycles. The molecule has 2 rings (SSSR count). The second kappa shape index (κ2) is 9.53. The summed E-state index contributed by atoms with van der Waals surface area (Å²) in [5, 5.41) is 2.55. The molecule has 2 aromatic carbocycles. The van der Waals surface area contributed by atoms with Gasteiger partial charge in [0.1, 0.15) is 5.75 Å². The van der Waals surface area contributed by atoms with Gasteiger partial charge in [-0.2, -0.15) is 0 Å². The molecule has 1 amide bonds. The van der Waals surface area contributed by atoms with Gasteiger partial charge in [0.05, 0.1) is 4.90 Å². The number of sulfonamides is 1. The first-order chi connectivity index (χ1) is 13.6. The molecule has 0 saturated carbocycles. The van der Waals surface area contributed by atoms with Crippen molar-refractivity contribution < 1.29 is 27.5 Å². The summed E-state index contributed by atoms with van der Waals surface area (Å²) in [7, 11) is -0.800. The zero-order chi connectivity index (χ0) is 21.6. The molecule has 1 N–H and O–H groups in total. The Morgan fingerprint density at radius 1 is 0.966 bits per heavy atom. The summed E-state index contributed by atoms with van der Waals surface area (Å²) in [5.74, 6) is -0.780. The number of nitrogens with zero attached hydrogens (tertiary/aromatic N) is 1. The van der Waals surface area contributed by atoms with E-state index in [9.17, 15) is 18.0 Å². The van der Waals surface area contributed by atoms with Crippen molar-refractivity contribution in [2.45, 2.75) is 31.0 Å². The average Bonchev–Trinajstić information content (AvgIpc) is 2.68. The molecule has 2 aromatic rings. The van der Waals surface area contributed by atoms with Crippen LogP contribution in [0.3, 0.4) is 0 Å². The Bertz CT molecular complexity index is 960. The van der Waals surface area contributed by atoms with Crippen LogP contribution in [0.25, 0.3) is 0 Å². The summed E-state index contributed by atoms with van der Waals surface area (Å²) in [4.78, 5) is 24.5. The lowest BCUT2D eigenvalue weighted by Crippen LogP contribution is -2.35. The van der Waals surface area contributed by atoms with E-state index in [1.807, 2.05) is 6.07 Å². The van der Waals surface area contributed by atoms with E-state index < -0.39 is 34.1 Å². The van der Waals surface area contributed by atoms with Gasteiger partial charge in [-0.25, -0.2) is 17.5 Å². The van der Waals surface area contributed by atoms with E-state index in [2.05, 4.69) is 5.32 Å². The fourth-order valence-electron chi connectivity index (χ4n) is 2.26. The van der Waals surface area contributed by atoms with E-state index in [0.717, 1.165) is 4.31 Å². The van der Waals surface area contributed by atoms with Crippen molar-refractivity contribution in [3.8, 4) is 5.75 Å². The molecule has 0 spiro atoms. The summed E-state index contributed by atoms with van der Waals surface area (Å²) in [6.07, 6.45) is -2.00. The minimum Gasteiger partial charge on any atom is -0.479 e. The van der Waals surface area contributed by atoms with E-state index in [4.69, 9.17) is 9.47 Å². The standard InChI is InChI=1S/C20H24N2O6S/c1-14(28-20(24)15(2)27-17-10-6-5-7-11-17)19(23)21-16-9-8-12-18(13-16)29(25,26)22(3)4/h5-15H,1-4H3,(H,21,23)/t14-,15-/m0/s1. The number of amides is 1. The van der Waals surface area contributed by atoms with Crippen molar-refractivity contribution in [2.24, 2.45) is 0 Å². The van der Waals surface area contributed by atoms with E-state index >= 15 is 0 Å². The maximum absolute atomic E-state index is 12.3. The minimum atomic E-state index is -3.64. The summed E-state index contributed by atoms with van der Waals surface area (Å²) >= 11 is 0. The van der Waals surface area contributed by atoms with Crippen LogP contribution in [0.5, 0.6) is 5.75 Å². The fourth-order valence-corrected chi connectivity index (χ4v) is 3.21. The smallest absolute Gasteiger partial charge is 0.347 e. The average molecular weight is 420 g/mol. The number of para-hydroxylation sites is 1. The first-order valence-electron chi connectivity index (χ1n) is 8.87. The highest BCUT2D eigenvalue weighted by Crippen LogP contribution is 2.18. The molecular formula is C20H24N2O6S. The second-order valence-corrected chi connectivity index (χ2v) is 8.61. The Morgan fingerprint density at radius 3 is 2.24 bits per heavy atom. The monoisotopic (exact) mass is 420 g/mol. The molecule has 8 nitrogen and oxygen atoms in total. The third-order valence-corrected chi connectivity index (χ3v) is 5.74. The summed E-state index contributed by atoms with van der Waals surface area (Å²) < 4.78 is 36.1. The molecular weight excluding hydrogens is 396 g/mol. The van der Waals surface area contributed by atoms with Crippen molar-refractivity contribution in [3.63, 3.8) is 0 Å². The predicted molar refractivity (Wildman–Crippen MR) is 108 cm³/mol. The van der Waals surface area contributed by atoms with Gasteiger partial charge in [0.25, 0.3) is 5.91 Å². The van der Waals surface area contributed by atoms with Crippen molar-refractivity contribution in [1.29, 1.82) is 0 Å². The number of carbonyl (C=O) groups excluding carboxylic acids is 2. The molecule has 2 atom stereocenters. The van der Waals surface area contributed by atoms with Crippen molar-refractivity contribution in [3.05, 3.63) is 54.6 Å². The molecule has 0 bridgehead atoms. The number of hydrogen-bond acceptors (Lipinski definition) is 6. The number of benzene rings is 2. The van der Waals surface area contributed by atoms with E-state index in [0.29, 0.717) is 5.75 Å². The van der Waals surface area contributed by atoms with Gasteiger partial charge in [0.2, 0.25) is 10.0 Å². The fraction of sp³-hybridized carbons (Fsp3) is 0.300. The number of rotatable bonds is 8. The lowest BCUT2D eigenvalue weighted by atomic mass is 10.3. The minimum absolute atomic E-state index is 0.0369. The number of ether oxygens (including phenoxy) is 2. The van der Waals surface area contributed by atoms with Crippen LogP contribution in [0.15, 0.2) is 59.5 Å². The van der Waals surface area contributed by atoms with Gasteiger partial charge in [0.15, 0.2) is 12.2 Å². The van der Waals surface area contributed by atoms with Crippen LogP contribution in [-0.2, 0) is 24.3 Å². The molecule has 0 aliphatic rings. The first-order valence-corrected chi connectivity index (χ1v) is 10.3. The van der Waals surface area contributed by atoms with Gasteiger partial charge in [-0.1, -0.05) is 24.3 Å². The van der Waals surface area contributed by atoms with Crippen molar-refractivity contribution in [1.82, 2.24) is 4.31 Å². The zero-order valence-corrected chi connectivity index (χ0v) is 17.5. The SMILES string of the molecule is C[C@H](OC(=O)[C@H](C)Oc1ccccc1)C(=O)Nc1cccc(S(=O)(=O)N(C)C)c1. The zero-order valence-electron chi connectivity index (χ0n) is 16.7. The topological polar surface area (TPSA) is 102 Å². The molecule has 0 saturated heterocycles. The van der Waals surface area contributed by atoms with E-state index in [1.165, 1.54) is 46.1 Å². The van der Waals surface area contributed by atoms with Gasteiger partial charge in [-0.05, 0) is 44.2 Å². The van der Waals surface area contributed by atoms with Gasteiger partial charge >= 0.3 is 5.97 Å². The van der Waals surface area contributed by atoms with Crippen molar-refractivity contribution in [2.75, 3.05) is 19.4 Å². The van der Waals surface area contributed by atoms with Crippen LogP contribution in [0.2, 0.25) is 0 Å². The maximum atomic E-state index is 12.3. The van der Waals surface area contributed by atoms with Crippen LogP contribution in [-0.4, -0.2) is 50.9 Å². The normalized spacial score (nSPS) is 13.4. The Kier molecular flexibility index (Phi) is 7.35. The maximum Gasteiger partial charge on any atom is 0.347 e. The van der Waals surface area contributed by atoms with Gasteiger partial charge < -0.3 is 14.8 Å². The Morgan fingerprint density at radius 2 is 1.62 bits per heavy atom. The molecule has 0 heterocycles. The molecule has 0 fully saturated rings. The highest BCUT2D eigenvalue weighted by atomic mass is 32.2. The Balaban J connectivity index is 1.98. The first kappa shape index (κ1) is 22.4. The van der Waals surface area contributed by atoms with Crippen LogP contribution in [0, 0.1) is 0 Å². The molecule has 0 unspecified atom stereocenters. The van der Waals surface area contributed by atoms with Crippen LogP contribution in [0.4, 0.5) is 5.69 Å². The highest BCUT2D eigenvalue weighted by Gasteiger charge is 2.24. The number of anilines is 1. The van der Waals surface area contributed by atoms with Gasteiger partial charge in [-0.15, -0.1) is 0 Å². The summed E-state index contributed by atoms with van der Waals surface area (Å²) in [6.45, 7) is 2.94. The summed E-state index contributed by atoms with van der Waals surface area (Å²) in [6, 6.07) is 14.6. The molecule has 0 radical (unpaired) electrons. The van der Waals surface area contributed by atoms with Gasteiger partial charge in [-0.3, -0.25) is 4.79 Å². The number of esters is 1. The number of nitrogens with one attached hydrogen (secondary N) is 1. The Labute approximate surface area is 170 Å². The molecule has 0 aromatic heterocycles. The Hall–Kier alpha value is -2.91. The third kappa shape index (κ3) is 6.03. The van der Waals surface area contributed by atoms with Crippen molar-refractivity contribution >= 4 is 27.6 Å². The van der Waals surface area contributed by atoms with Crippen LogP contribution in [0.1, 0.15) is 13.8 Å². The molecule has 9 heteroatoms.